The normalized spacial score (nSPS) is 18.4. The fraction of sp³-hybridized carbons (Fsp3) is 0.286. The first-order chi connectivity index (χ1) is 12.2. The lowest BCUT2D eigenvalue weighted by atomic mass is 9.98. The molecule has 3 nitrogen and oxygen atoms in total. The van der Waals surface area contributed by atoms with Gasteiger partial charge in [-0.15, -0.1) is 0 Å². The van der Waals surface area contributed by atoms with Gasteiger partial charge in [-0.1, -0.05) is 29.8 Å². The number of benzene rings is 2. The molecule has 4 heteroatoms. The van der Waals surface area contributed by atoms with Gasteiger partial charge in [0.25, 0.3) is 5.91 Å². The molecule has 0 saturated carbocycles. The number of anilines is 2. The summed E-state index contributed by atoms with van der Waals surface area (Å²) in [5.41, 5.74) is 5.72. The number of nitrogens with zero attached hydrogens (tertiary/aromatic N) is 1. The molecule has 0 bridgehead atoms. The van der Waals surface area contributed by atoms with Crippen molar-refractivity contribution in [1.29, 1.82) is 0 Å². The number of carbonyl (C=O) groups is 1. The number of hydrogen-bond acceptors (Lipinski definition) is 2. The van der Waals surface area contributed by atoms with Gasteiger partial charge >= 0.3 is 0 Å². The highest BCUT2D eigenvalue weighted by Gasteiger charge is 2.25. The van der Waals surface area contributed by atoms with Crippen molar-refractivity contribution in [1.82, 2.24) is 0 Å². The molecule has 0 spiro atoms. The number of allylic oxidation sites excluding steroid dienone is 1. The molecule has 1 N–H and O–H groups in total. The average Bonchev–Trinajstić information content (AvgIpc) is 2.95. The monoisotopic (exact) mass is 352 g/mol. The van der Waals surface area contributed by atoms with Crippen LogP contribution in [0.1, 0.15) is 31.7 Å². The molecular weight excluding hydrogens is 332 g/mol. The van der Waals surface area contributed by atoms with Crippen molar-refractivity contribution < 1.29 is 4.79 Å². The number of carbonyl (C=O) groups excluding carboxylic acids is 1. The predicted octanol–water partition coefficient (Wildman–Crippen LogP) is 5.35. The van der Waals surface area contributed by atoms with Gasteiger partial charge in [-0.3, -0.25) is 4.79 Å². The number of fused-ring (bicyclic) bond motifs is 1. The highest BCUT2D eigenvalue weighted by molar-refractivity contribution is 6.36. The molecule has 25 heavy (non-hydrogen) atoms. The Labute approximate surface area is 153 Å². The van der Waals surface area contributed by atoms with Gasteiger partial charge in [-0.05, 0) is 56.0 Å². The molecule has 0 atom stereocenters. The minimum atomic E-state index is -0.0637. The van der Waals surface area contributed by atoms with Gasteiger partial charge < -0.3 is 10.2 Å². The Hall–Kier alpha value is -2.26. The van der Waals surface area contributed by atoms with Crippen LogP contribution in [0.25, 0.3) is 16.7 Å². The summed E-state index contributed by atoms with van der Waals surface area (Å²) >= 11 is 6.49. The summed E-state index contributed by atoms with van der Waals surface area (Å²) < 4.78 is 0. The van der Waals surface area contributed by atoms with E-state index in [0.29, 0.717) is 10.6 Å². The van der Waals surface area contributed by atoms with Crippen LogP contribution in [0.15, 0.2) is 42.5 Å². The van der Waals surface area contributed by atoms with E-state index >= 15 is 0 Å². The molecule has 0 aliphatic carbocycles. The van der Waals surface area contributed by atoms with E-state index in [1.807, 2.05) is 25.1 Å². The van der Waals surface area contributed by atoms with Crippen molar-refractivity contribution in [2.24, 2.45) is 0 Å². The predicted molar refractivity (Wildman–Crippen MR) is 105 cm³/mol. The lowest BCUT2D eigenvalue weighted by Gasteiger charge is -2.28. The first-order valence-electron chi connectivity index (χ1n) is 8.84. The standard InChI is InChI=1S/C21H21ClN2O/c1-2-16-18-12-17(19(22)13-20(18)23-21(16)25)14-6-8-15(9-7-14)24-10-4-3-5-11-24/h2,6-9,12-13H,3-5,10-11H2,1H3,(H,23,25)/b16-2-. The molecule has 2 aromatic carbocycles. The Bertz CT molecular complexity index is 849. The Morgan fingerprint density at radius 2 is 1.76 bits per heavy atom. The second-order valence-corrected chi connectivity index (χ2v) is 7.04. The lowest BCUT2D eigenvalue weighted by molar-refractivity contribution is -0.110. The number of rotatable bonds is 2. The highest BCUT2D eigenvalue weighted by Crippen LogP contribution is 2.40. The molecule has 4 rings (SSSR count). The minimum Gasteiger partial charge on any atom is -0.372 e. The maximum Gasteiger partial charge on any atom is 0.256 e. The molecule has 1 fully saturated rings. The van der Waals surface area contributed by atoms with Crippen molar-refractivity contribution in [3.05, 3.63) is 53.1 Å². The van der Waals surface area contributed by atoms with Gasteiger partial charge in [0.05, 0.1) is 10.7 Å². The Kier molecular flexibility index (Phi) is 4.26. The zero-order valence-corrected chi connectivity index (χ0v) is 15.1. The second kappa shape index (κ2) is 6.57. The van der Waals surface area contributed by atoms with E-state index in [0.717, 1.165) is 35.5 Å². The summed E-state index contributed by atoms with van der Waals surface area (Å²) in [4.78, 5) is 14.5. The van der Waals surface area contributed by atoms with Crippen molar-refractivity contribution in [3.8, 4) is 11.1 Å². The molecule has 1 saturated heterocycles. The van der Waals surface area contributed by atoms with E-state index < -0.39 is 0 Å². The zero-order valence-electron chi connectivity index (χ0n) is 14.3. The first-order valence-corrected chi connectivity index (χ1v) is 9.22. The van der Waals surface area contributed by atoms with Crippen LogP contribution in [0.4, 0.5) is 11.4 Å². The van der Waals surface area contributed by atoms with Crippen molar-refractivity contribution in [2.45, 2.75) is 26.2 Å². The lowest BCUT2D eigenvalue weighted by Crippen LogP contribution is -2.29. The molecule has 2 aliphatic heterocycles. The molecule has 0 unspecified atom stereocenters. The zero-order chi connectivity index (χ0) is 17.4. The van der Waals surface area contributed by atoms with Gasteiger partial charge in [-0.2, -0.15) is 0 Å². The van der Waals surface area contributed by atoms with Crippen LogP contribution in [0.2, 0.25) is 5.02 Å². The highest BCUT2D eigenvalue weighted by atomic mass is 35.5. The Balaban J connectivity index is 1.68. The minimum absolute atomic E-state index is 0.0637. The van der Waals surface area contributed by atoms with E-state index in [4.69, 9.17) is 11.6 Å². The molecule has 0 aromatic heterocycles. The molecule has 2 aromatic rings. The fourth-order valence-electron chi connectivity index (χ4n) is 3.72. The van der Waals surface area contributed by atoms with Crippen LogP contribution in [-0.4, -0.2) is 19.0 Å². The van der Waals surface area contributed by atoms with E-state index in [1.54, 1.807) is 0 Å². The average molecular weight is 353 g/mol. The molecule has 0 radical (unpaired) electrons. The quantitative estimate of drug-likeness (QED) is 0.738. The van der Waals surface area contributed by atoms with E-state index in [-0.39, 0.29) is 5.91 Å². The smallest absolute Gasteiger partial charge is 0.256 e. The topological polar surface area (TPSA) is 32.3 Å². The van der Waals surface area contributed by atoms with Gasteiger partial charge in [0.2, 0.25) is 0 Å². The van der Waals surface area contributed by atoms with Crippen molar-refractivity contribution in [2.75, 3.05) is 23.3 Å². The maximum atomic E-state index is 12.0. The summed E-state index contributed by atoms with van der Waals surface area (Å²) in [6, 6.07) is 12.4. The molecule has 128 valence electrons. The maximum absolute atomic E-state index is 12.0. The molecule has 2 aliphatic rings. The van der Waals surface area contributed by atoms with Crippen LogP contribution in [0.3, 0.4) is 0 Å². The largest absolute Gasteiger partial charge is 0.372 e. The Morgan fingerprint density at radius 1 is 1.04 bits per heavy atom. The third kappa shape index (κ3) is 2.93. The number of nitrogens with one attached hydrogen (secondary N) is 1. The summed E-state index contributed by atoms with van der Waals surface area (Å²) in [6.07, 6.45) is 5.72. The summed E-state index contributed by atoms with van der Waals surface area (Å²) in [5.74, 6) is -0.0637. The molecule has 1 amide bonds. The van der Waals surface area contributed by atoms with Crippen LogP contribution < -0.4 is 10.2 Å². The van der Waals surface area contributed by atoms with Crippen LogP contribution in [-0.2, 0) is 4.79 Å². The third-order valence-electron chi connectivity index (χ3n) is 5.08. The second-order valence-electron chi connectivity index (χ2n) is 6.63. The van der Waals surface area contributed by atoms with Crippen molar-refractivity contribution in [3.63, 3.8) is 0 Å². The van der Waals surface area contributed by atoms with Gasteiger partial charge in [0, 0.05) is 35.5 Å². The van der Waals surface area contributed by atoms with Gasteiger partial charge in [0.15, 0.2) is 0 Å². The third-order valence-corrected chi connectivity index (χ3v) is 5.39. The van der Waals surface area contributed by atoms with Crippen LogP contribution in [0.5, 0.6) is 0 Å². The summed E-state index contributed by atoms with van der Waals surface area (Å²) in [5, 5.41) is 3.53. The molecule has 2 heterocycles. The number of piperidine rings is 1. The number of hydrogen-bond donors (Lipinski definition) is 1. The van der Waals surface area contributed by atoms with Crippen LogP contribution >= 0.6 is 11.6 Å². The van der Waals surface area contributed by atoms with Gasteiger partial charge in [-0.25, -0.2) is 0 Å². The van der Waals surface area contributed by atoms with Crippen LogP contribution in [0, 0.1) is 0 Å². The number of amides is 1. The Morgan fingerprint density at radius 3 is 2.44 bits per heavy atom. The summed E-state index contributed by atoms with van der Waals surface area (Å²) in [6.45, 7) is 4.15. The molecular formula is C21H21ClN2O. The van der Waals surface area contributed by atoms with Crippen molar-refractivity contribution >= 4 is 34.5 Å². The van der Waals surface area contributed by atoms with E-state index in [2.05, 4.69) is 34.5 Å². The van der Waals surface area contributed by atoms with E-state index in [9.17, 15) is 4.79 Å². The summed E-state index contributed by atoms with van der Waals surface area (Å²) in [7, 11) is 0. The number of halogens is 1. The SMILES string of the molecule is C/C=C1\C(=O)Nc2cc(Cl)c(-c3ccc(N4CCCCC4)cc3)cc21. The first kappa shape index (κ1) is 16.2. The fourth-order valence-corrected chi connectivity index (χ4v) is 4.00. The van der Waals surface area contributed by atoms with E-state index in [1.165, 1.54) is 24.9 Å². The van der Waals surface area contributed by atoms with Gasteiger partial charge in [0.1, 0.15) is 0 Å².